The number of thiophene rings is 1. The first kappa shape index (κ1) is 17.2. The van der Waals surface area contributed by atoms with E-state index in [1.165, 1.54) is 28.3 Å². The molecule has 130 valence electrons. The molecule has 1 aromatic carbocycles. The number of hydrogen-bond donors (Lipinski definition) is 1. The number of carbonyl (C=O) groups excluding carboxylic acids is 1. The van der Waals surface area contributed by atoms with Crippen LogP contribution < -0.4 is 5.32 Å². The van der Waals surface area contributed by atoms with E-state index in [0.29, 0.717) is 11.3 Å². The van der Waals surface area contributed by atoms with Gasteiger partial charge in [0.25, 0.3) is 5.91 Å². The van der Waals surface area contributed by atoms with Crippen LogP contribution in [-0.4, -0.2) is 15.7 Å². The third-order valence-corrected chi connectivity index (χ3v) is 4.57. The van der Waals surface area contributed by atoms with Gasteiger partial charge in [-0.1, -0.05) is 0 Å². The number of amides is 1. The van der Waals surface area contributed by atoms with Gasteiger partial charge in [0.15, 0.2) is 0 Å². The molecule has 3 aromatic rings. The Hall–Kier alpha value is -2.61. The maximum absolute atomic E-state index is 13.0. The Morgan fingerprint density at radius 3 is 2.56 bits per heavy atom. The summed E-state index contributed by atoms with van der Waals surface area (Å²) in [5.41, 5.74) is 0.0194. The quantitative estimate of drug-likeness (QED) is 0.723. The van der Waals surface area contributed by atoms with E-state index in [-0.39, 0.29) is 5.69 Å². The zero-order chi connectivity index (χ0) is 18.2. The molecule has 0 fully saturated rings. The minimum absolute atomic E-state index is 0.0479. The second-order valence-electron chi connectivity index (χ2n) is 5.46. The number of hydrogen-bond acceptors (Lipinski definition) is 3. The molecule has 1 N–H and O–H groups in total. The Morgan fingerprint density at radius 2 is 2.00 bits per heavy atom. The number of halogens is 3. The maximum Gasteiger partial charge on any atom is 0.416 e. The molecule has 0 unspecified atom stereocenters. The van der Waals surface area contributed by atoms with Gasteiger partial charge in [-0.3, -0.25) is 4.79 Å². The first-order valence-electron chi connectivity index (χ1n) is 7.35. The van der Waals surface area contributed by atoms with Crippen LogP contribution >= 0.6 is 11.3 Å². The third kappa shape index (κ3) is 3.58. The van der Waals surface area contributed by atoms with Crippen LogP contribution in [0.25, 0.3) is 5.69 Å². The highest BCUT2D eigenvalue weighted by Gasteiger charge is 2.31. The number of rotatable bonds is 3. The molecule has 0 spiro atoms. The summed E-state index contributed by atoms with van der Waals surface area (Å²) in [6.45, 7) is 3.67. The van der Waals surface area contributed by atoms with E-state index in [2.05, 4.69) is 10.4 Å². The molecule has 0 aliphatic heterocycles. The SMILES string of the molecule is Cc1cc(C(=O)Nc2cc(C(F)(F)F)ccc2-n2cccn2)c(C)s1. The molecular formula is C17H14F3N3OS. The number of nitrogens with one attached hydrogen (secondary N) is 1. The van der Waals surface area contributed by atoms with E-state index in [0.717, 1.165) is 21.9 Å². The Kier molecular flexibility index (Phi) is 4.38. The molecule has 0 saturated carbocycles. The number of alkyl halides is 3. The van der Waals surface area contributed by atoms with Crippen molar-refractivity contribution in [3.8, 4) is 5.69 Å². The maximum atomic E-state index is 13.0. The van der Waals surface area contributed by atoms with E-state index in [9.17, 15) is 18.0 Å². The van der Waals surface area contributed by atoms with Gasteiger partial charge in [-0.2, -0.15) is 18.3 Å². The highest BCUT2D eigenvalue weighted by Crippen LogP contribution is 2.33. The molecule has 0 aliphatic carbocycles. The molecule has 0 saturated heterocycles. The molecule has 8 heteroatoms. The number of aromatic nitrogens is 2. The zero-order valence-electron chi connectivity index (χ0n) is 13.4. The lowest BCUT2D eigenvalue weighted by molar-refractivity contribution is -0.137. The molecule has 4 nitrogen and oxygen atoms in total. The van der Waals surface area contributed by atoms with Crippen LogP contribution in [-0.2, 0) is 6.18 Å². The topological polar surface area (TPSA) is 46.9 Å². The normalized spacial score (nSPS) is 11.6. The lowest BCUT2D eigenvalue weighted by atomic mass is 10.1. The zero-order valence-corrected chi connectivity index (χ0v) is 14.2. The van der Waals surface area contributed by atoms with Crippen LogP contribution in [0.15, 0.2) is 42.7 Å². The highest BCUT2D eigenvalue weighted by molar-refractivity contribution is 7.12. The Morgan fingerprint density at radius 1 is 1.24 bits per heavy atom. The summed E-state index contributed by atoms with van der Waals surface area (Å²) in [7, 11) is 0. The van der Waals surface area contributed by atoms with Gasteiger partial charge in [0.2, 0.25) is 0 Å². The predicted octanol–water partition coefficient (Wildman–Crippen LogP) is 4.82. The smallest absolute Gasteiger partial charge is 0.320 e. The fraction of sp³-hybridized carbons (Fsp3) is 0.176. The van der Waals surface area contributed by atoms with Crippen molar-refractivity contribution in [3.63, 3.8) is 0 Å². The molecule has 0 radical (unpaired) electrons. The molecule has 0 aliphatic rings. The summed E-state index contributed by atoms with van der Waals surface area (Å²) in [5, 5.41) is 6.62. The van der Waals surface area contributed by atoms with Crippen molar-refractivity contribution >= 4 is 22.9 Å². The number of nitrogens with zero attached hydrogens (tertiary/aromatic N) is 2. The molecular weight excluding hydrogens is 351 g/mol. The molecule has 0 bridgehead atoms. The Balaban J connectivity index is 2.03. The van der Waals surface area contributed by atoms with Crippen molar-refractivity contribution in [2.24, 2.45) is 0 Å². The fourth-order valence-electron chi connectivity index (χ4n) is 2.47. The number of benzene rings is 1. The molecule has 2 heterocycles. The minimum atomic E-state index is -4.50. The largest absolute Gasteiger partial charge is 0.416 e. The third-order valence-electron chi connectivity index (χ3n) is 3.61. The predicted molar refractivity (Wildman–Crippen MR) is 90.3 cm³/mol. The molecule has 0 atom stereocenters. The van der Waals surface area contributed by atoms with Crippen molar-refractivity contribution < 1.29 is 18.0 Å². The second kappa shape index (κ2) is 6.36. The van der Waals surface area contributed by atoms with E-state index in [1.807, 2.05) is 6.92 Å². The van der Waals surface area contributed by atoms with Gasteiger partial charge >= 0.3 is 6.18 Å². The van der Waals surface area contributed by atoms with Gasteiger partial charge in [0.05, 0.1) is 22.5 Å². The number of aryl methyl sites for hydroxylation is 2. The average molecular weight is 365 g/mol. The van der Waals surface area contributed by atoms with Crippen LogP contribution in [0.5, 0.6) is 0 Å². The van der Waals surface area contributed by atoms with Gasteiger partial charge in [0, 0.05) is 22.1 Å². The summed E-state index contributed by atoms with van der Waals surface area (Å²) in [6, 6.07) is 6.54. The lowest BCUT2D eigenvalue weighted by Gasteiger charge is -2.14. The Labute approximate surface area is 145 Å². The summed E-state index contributed by atoms with van der Waals surface area (Å²) in [6.07, 6.45) is -1.40. The van der Waals surface area contributed by atoms with Crippen LogP contribution in [0.1, 0.15) is 25.7 Å². The van der Waals surface area contributed by atoms with Gasteiger partial charge in [0.1, 0.15) is 0 Å². The van der Waals surface area contributed by atoms with Crippen molar-refractivity contribution in [2.75, 3.05) is 5.32 Å². The summed E-state index contributed by atoms with van der Waals surface area (Å²) >= 11 is 1.46. The standard InChI is InChI=1S/C17H14F3N3OS/c1-10-8-13(11(2)25-10)16(24)22-14-9-12(17(18,19)20)4-5-15(14)23-7-3-6-21-23/h3-9H,1-2H3,(H,22,24). The molecule has 25 heavy (non-hydrogen) atoms. The van der Waals surface area contributed by atoms with Crippen LogP contribution in [0.2, 0.25) is 0 Å². The lowest BCUT2D eigenvalue weighted by Crippen LogP contribution is -2.15. The van der Waals surface area contributed by atoms with Crippen LogP contribution in [0.3, 0.4) is 0 Å². The number of anilines is 1. The first-order valence-corrected chi connectivity index (χ1v) is 8.17. The van der Waals surface area contributed by atoms with E-state index < -0.39 is 17.6 Å². The van der Waals surface area contributed by atoms with Crippen molar-refractivity contribution in [1.82, 2.24) is 9.78 Å². The first-order chi connectivity index (χ1) is 11.8. The van der Waals surface area contributed by atoms with Crippen molar-refractivity contribution in [1.29, 1.82) is 0 Å². The summed E-state index contributed by atoms with van der Waals surface area (Å²) in [5.74, 6) is -0.449. The summed E-state index contributed by atoms with van der Waals surface area (Å²) < 4.78 is 40.5. The minimum Gasteiger partial charge on any atom is -0.320 e. The Bertz CT molecular complexity index is 914. The number of carbonyl (C=O) groups is 1. The molecule has 2 aromatic heterocycles. The van der Waals surface area contributed by atoms with E-state index in [1.54, 1.807) is 25.3 Å². The van der Waals surface area contributed by atoms with E-state index in [4.69, 9.17) is 0 Å². The average Bonchev–Trinajstić information content (AvgIpc) is 3.16. The molecule has 3 rings (SSSR count). The van der Waals surface area contributed by atoms with Gasteiger partial charge in [-0.15, -0.1) is 11.3 Å². The second-order valence-corrected chi connectivity index (χ2v) is 6.92. The van der Waals surface area contributed by atoms with Gasteiger partial charge in [-0.25, -0.2) is 4.68 Å². The van der Waals surface area contributed by atoms with Crippen molar-refractivity contribution in [3.05, 3.63) is 63.6 Å². The van der Waals surface area contributed by atoms with E-state index >= 15 is 0 Å². The van der Waals surface area contributed by atoms with Crippen molar-refractivity contribution in [2.45, 2.75) is 20.0 Å². The van der Waals surface area contributed by atoms with Gasteiger partial charge in [-0.05, 0) is 44.2 Å². The van der Waals surface area contributed by atoms with Crippen LogP contribution in [0, 0.1) is 13.8 Å². The van der Waals surface area contributed by atoms with Gasteiger partial charge < -0.3 is 5.32 Å². The van der Waals surface area contributed by atoms with Crippen LogP contribution in [0.4, 0.5) is 18.9 Å². The highest BCUT2D eigenvalue weighted by atomic mass is 32.1. The summed E-state index contributed by atoms with van der Waals surface area (Å²) in [4.78, 5) is 14.3. The monoisotopic (exact) mass is 365 g/mol. The fourth-order valence-corrected chi connectivity index (χ4v) is 3.39. The molecule has 1 amide bonds.